The van der Waals surface area contributed by atoms with Crippen LogP contribution in [-0.2, 0) is 4.74 Å². The standard InChI is InChI=1S/C10H19NO3/c1-2-14-9(13)11-10(8-12)6-4-3-5-7-10/h12H,2-8H2,1H3,(H,11,13). The minimum Gasteiger partial charge on any atom is -0.450 e. The van der Waals surface area contributed by atoms with E-state index in [4.69, 9.17) is 4.74 Å². The first-order chi connectivity index (χ1) is 6.72. The van der Waals surface area contributed by atoms with Gasteiger partial charge in [0.25, 0.3) is 0 Å². The Balaban J connectivity index is 2.47. The number of carbonyl (C=O) groups is 1. The monoisotopic (exact) mass is 201 g/mol. The highest BCUT2D eigenvalue weighted by molar-refractivity contribution is 5.68. The number of aliphatic hydroxyl groups is 1. The molecule has 1 fully saturated rings. The molecule has 0 heterocycles. The van der Waals surface area contributed by atoms with Gasteiger partial charge in [-0.3, -0.25) is 0 Å². The molecule has 0 unspecified atom stereocenters. The molecule has 2 N–H and O–H groups in total. The average molecular weight is 201 g/mol. The molecular formula is C10H19NO3. The quantitative estimate of drug-likeness (QED) is 0.726. The van der Waals surface area contributed by atoms with Gasteiger partial charge in [0.05, 0.1) is 18.8 Å². The lowest BCUT2D eigenvalue weighted by atomic mass is 9.82. The van der Waals surface area contributed by atoms with Gasteiger partial charge in [0, 0.05) is 0 Å². The van der Waals surface area contributed by atoms with E-state index >= 15 is 0 Å². The van der Waals surface area contributed by atoms with Gasteiger partial charge >= 0.3 is 6.09 Å². The number of ether oxygens (including phenoxy) is 1. The van der Waals surface area contributed by atoms with E-state index in [0.717, 1.165) is 25.7 Å². The SMILES string of the molecule is CCOC(=O)NC1(CO)CCCCC1. The highest BCUT2D eigenvalue weighted by atomic mass is 16.5. The number of amides is 1. The average Bonchev–Trinajstić information content (AvgIpc) is 2.19. The first kappa shape index (κ1) is 11.3. The Hall–Kier alpha value is -0.770. The number of nitrogens with one attached hydrogen (secondary N) is 1. The number of rotatable bonds is 3. The van der Waals surface area contributed by atoms with Crippen LogP contribution in [0.25, 0.3) is 0 Å². The van der Waals surface area contributed by atoms with E-state index in [2.05, 4.69) is 5.32 Å². The fraction of sp³-hybridized carbons (Fsp3) is 0.900. The Labute approximate surface area is 84.6 Å². The first-order valence-corrected chi connectivity index (χ1v) is 5.28. The summed E-state index contributed by atoms with van der Waals surface area (Å²) in [6.07, 6.45) is 4.60. The molecule has 0 aromatic rings. The molecule has 0 bridgehead atoms. The molecule has 0 aliphatic heterocycles. The largest absolute Gasteiger partial charge is 0.450 e. The molecular weight excluding hydrogens is 182 g/mol. The van der Waals surface area contributed by atoms with Gasteiger partial charge < -0.3 is 15.2 Å². The molecule has 0 atom stereocenters. The Morgan fingerprint density at radius 3 is 2.57 bits per heavy atom. The Morgan fingerprint density at radius 2 is 2.07 bits per heavy atom. The second-order valence-electron chi connectivity index (χ2n) is 3.84. The fourth-order valence-corrected chi connectivity index (χ4v) is 1.93. The van der Waals surface area contributed by atoms with Crippen LogP contribution in [-0.4, -0.2) is 30.0 Å². The summed E-state index contributed by atoms with van der Waals surface area (Å²) < 4.78 is 4.81. The molecule has 0 aromatic heterocycles. The van der Waals surface area contributed by atoms with Crippen molar-refractivity contribution in [1.82, 2.24) is 5.32 Å². The van der Waals surface area contributed by atoms with Gasteiger partial charge in [0.15, 0.2) is 0 Å². The zero-order valence-corrected chi connectivity index (χ0v) is 8.71. The summed E-state index contributed by atoms with van der Waals surface area (Å²) in [5, 5.41) is 12.1. The molecule has 1 amide bonds. The van der Waals surface area contributed by atoms with Crippen LogP contribution >= 0.6 is 0 Å². The fourth-order valence-electron chi connectivity index (χ4n) is 1.93. The number of aliphatic hydroxyl groups excluding tert-OH is 1. The number of carbonyl (C=O) groups excluding carboxylic acids is 1. The van der Waals surface area contributed by atoms with Crippen LogP contribution in [0.2, 0.25) is 0 Å². The lowest BCUT2D eigenvalue weighted by Crippen LogP contribution is -2.52. The Bertz CT molecular complexity index is 188. The van der Waals surface area contributed by atoms with Crippen LogP contribution < -0.4 is 5.32 Å². The van der Waals surface area contributed by atoms with Gasteiger partial charge in [-0.15, -0.1) is 0 Å². The molecule has 0 radical (unpaired) electrons. The molecule has 1 aliphatic carbocycles. The molecule has 1 saturated carbocycles. The molecule has 4 heteroatoms. The Kier molecular flexibility index (Phi) is 4.20. The van der Waals surface area contributed by atoms with Gasteiger partial charge in [-0.05, 0) is 19.8 Å². The van der Waals surface area contributed by atoms with E-state index in [1.54, 1.807) is 6.92 Å². The molecule has 0 saturated heterocycles. The van der Waals surface area contributed by atoms with Crippen LogP contribution in [0, 0.1) is 0 Å². The topological polar surface area (TPSA) is 58.6 Å². The predicted molar refractivity (Wildman–Crippen MR) is 53.1 cm³/mol. The minimum absolute atomic E-state index is 0.00577. The molecule has 1 aliphatic rings. The minimum atomic E-state index is -0.426. The van der Waals surface area contributed by atoms with E-state index in [-0.39, 0.29) is 6.61 Å². The third-order valence-corrected chi connectivity index (χ3v) is 2.76. The summed E-state index contributed by atoms with van der Waals surface area (Å²) in [5.41, 5.74) is -0.426. The summed E-state index contributed by atoms with van der Waals surface area (Å²) in [4.78, 5) is 11.2. The molecule has 0 spiro atoms. The number of hydrogen-bond acceptors (Lipinski definition) is 3. The zero-order valence-electron chi connectivity index (χ0n) is 8.71. The predicted octanol–water partition coefficient (Wildman–Crippen LogP) is 1.43. The van der Waals surface area contributed by atoms with Crippen molar-refractivity contribution in [3.63, 3.8) is 0 Å². The summed E-state index contributed by atoms with van der Waals surface area (Å²) in [5.74, 6) is 0. The summed E-state index contributed by atoms with van der Waals surface area (Å²) in [7, 11) is 0. The highest BCUT2D eigenvalue weighted by Crippen LogP contribution is 2.27. The molecule has 4 nitrogen and oxygen atoms in total. The Morgan fingerprint density at radius 1 is 1.43 bits per heavy atom. The first-order valence-electron chi connectivity index (χ1n) is 5.28. The van der Waals surface area contributed by atoms with E-state index in [1.807, 2.05) is 0 Å². The van der Waals surface area contributed by atoms with Gasteiger partial charge in [-0.25, -0.2) is 4.79 Å². The van der Waals surface area contributed by atoms with Crippen LogP contribution in [0.1, 0.15) is 39.0 Å². The number of hydrogen-bond donors (Lipinski definition) is 2. The summed E-state index contributed by atoms with van der Waals surface area (Å²) in [6, 6.07) is 0. The lowest BCUT2D eigenvalue weighted by molar-refractivity contribution is 0.0947. The summed E-state index contributed by atoms with van der Waals surface area (Å²) >= 11 is 0. The van der Waals surface area contributed by atoms with Crippen LogP contribution in [0.15, 0.2) is 0 Å². The van der Waals surface area contributed by atoms with Crippen molar-refractivity contribution in [2.45, 2.75) is 44.6 Å². The maximum atomic E-state index is 11.2. The van der Waals surface area contributed by atoms with Crippen molar-refractivity contribution in [3.8, 4) is 0 Å². The van der Waals surface area contributed by atoms with E-state index in [9.17, 15) is 9.90 Å². The second-order valence-corrected chi connectivity index (χ2v) is 3.84. The van der Waals surface area contributed by atoms with Crippen LogP contribution in [0.3, 0.4) is 0 Å². The molecule has 0 aromatic carbocycles. The van der Waals surface area contributed by atoms with Gasteiger partial charge in [-0.1, -0.05) is 19.3 Å². The molecule has 82 valence electrons. The molecule has 14 heavy (non-hydrogen) atoms. The van der Waals surface area contributed by atoms with Gasteiger partial charge in [0.1, 0.15) is 0 Å². The zero-order chi connectivity index (χ0) is 10.4. The third-order valence-electron chi connectivity index (χ3n) is 2.76. The normalized spacial score (nSPS) is 20.1. The van der Waals surface area contributed by atoms with Crippen molar-refractivity contribution < 1.29 is 14.6 Å². The lowest BCUT2D eigenvalue weighted by Gasteiger charge is -2.35. The van der Waals surface area contributed by atoms with Crippen LogP contribution in [0.4, 0.5) is 4.79 Å². The van der Waals surface area contributed by atoms with E-state index in [1.165, 1.54) is 6.42 Å². The van der Waals surface area contributed by atoms with Crippen molar-refractivity contribution in [1.29, 1.82) is 0 Å². The smallest absolute Gasteiger partial charge is 0.407 e. The van der Waals surface area contributed by atoms with E-state index < -0.39 is 11.6 Å². The van der Waals surface area contributed by atoms with Gasteiger partial charge in [0.2, 0.25) is 0 Å². The van der Waals surface area contributed by atoms with Crippen molar-refractivity contribution in [2.75, 3.05) is 13.2 Å². The highest BCUT2D eigenvalue weighted by Gasteiger charge is 2.33. The van der Waals surface area contributed by atoms with Crippen molar-refractivity contribution in [2.24, 2.45) is 0 Å². The third kappa shape index (κ3) is 2.87. The number of alkyl carbamates (subject to hydrolysis) is 1. The van der Waals surface area contributed by atoms with Gasteiger partial charge in [-0.2, -0.15) is 0 Å². The van der Waals surface area contributed by atoms with Crippen LogP contribution in [0.5, 0.6) is 0 Å². The summed E-state index contributed by atoms with van der Waals surface area (Å²) in [6.45, 7) is 2.14. The molecule has 1 rings (SSSR count). The van der Waals surface area contributed by atoms with E-state index in [0.29, 0.717) is 6.61 Å². The van der Waals surface area contributed by atoms with Crippen molar-refractivity contribution >= 4 is 6.09 Å². The maximum Gasteiger partial charge on any atom is 0.407 e. The maximum absolute atomic E-state index is 11.2. The second kappa shape index (κ2) is 5.20. The van der Waals surface area contributed by atoms with Crippen molar-refractivity contribution in [3.05, 3.63) is 0 Å².